The molecule has 0 radical (unpaired) electrons. The summed E-state index contributed by atoms with van der Waals surface area (Å²) in [6.45, 7) is 7.09. The first-order valence-electron chi connectivity index (χ1n) is 12.1. The Kier molecular flexibility index (Phi) is 7.44. The molecule has 2 saturated heterocycles. The minimum atomic E-state index is 0.114. The van der Waals surface area contributed by atoms with Gasteiger partial charge in [-0.2, -0.15) is 0 Å². The molecule has 1 N–H and O–H groups in total. The molecule has 182 valence electrons. The van der Waals surface area contributed by atoms with Crippen molar-refractivity contribution in [2.75, 3.05) is 76.0 Å². The molecule has 0 bridgehead atoms. The third-order valence-electron chi connectivity index (χ3n) is 6.75. The van der Waals surface area contributed by atoms with Crippen LogP contribution in [-0.2, 0) is 4.74 Å². The van der Waals surface area contributed by atoms with Crippen molar-refractivity contribution in [2.24, 2.45) is 0 Å². The van der Waals surface area contributed by atoms with E-state index in [9.17, 15) is 5.11 Å². The van der Waals surface area contributed by atoms with Crippen LogP contribution in [-0.4, -0.2) is 86.2 Å². The number of pyridine rings is 1. The molecule has 2 aromatic heterocycles. The molecule has 0 aliphatic carbocycles. The normalized spacial score (nSPS) is 18.8. The number of benzene rings is 1. The lowest BCUT2D eigenvalue weighted by Crippen LogP contribution is -2.36. The molecule has 8 nitrogen and oxygen atoms in total. The monoisotopic (exact) mass is 483 g/mol. The van der Waals surface area contributed by atoms with Crippen molar-refractivity contribution >= 4 is 33.1 Å². The van der Waals surface area contributed by atoms with E-state index in [1.54, 1.807) is 18.4 Å². The van der Waals surface area contributed by atoms with Gasteiger partial charge in [0.25, 0.3) is 0 Å². The molecule has 1 atom stereocenters. The molecule has 0 amide bonds. The molecule has 2 aliphatic heterocycles. The molecular weight excluding hydrogens is 450 g/mol. The molecule has 2 fully saturated rings. The van der Waals surface area contributed by atoms with Crippen molar-refractivity contribution in [1.82, 2.24) is 14.9 Å². The Morgan fingerprint density at radius 2 is 1.97 bits per heavy atom. The summed E-state index contributed by atoms with van der Waals surface area (Å²) in [6.07, 6.45) is 3.56. The van der Waals surface area contributed by atoms with Crippen LogP contribution in [0.25, 0.3) is 10.9 Å². The lowest BCUT2D eigenvalue weighted by atomic mass is 10.1. The van der Waals surface area contributed by atoms with Gasteiger partial charge in [0.1, 0.15) is 11.4 Å². The number of fused-ring (bicyclic) bond motifs is 1. The van der Waals surface area contributed by atoms with Gasteiger partial charge in [-0.1, -0.05) is 6.07 Å². The van der Waals surface area contributed by atoms with E-state index >= 15 is 0 Å². The summed E-state index contributed by atoms with van der Waals surface area (Å²) in [7, 11) is 1.73. The number of hydrogen-bond donors (Lipinski definition) is 1. The maximum Gasteiger partial charge on any atom is 0.185 e. The third-order valence-corrected chi connectivity index (χ3v) is 7.67. The number of aliphatic hydroxyl groups excluding tert-OH is 1. The van der Waals surface area contributed by atoms with Crippen LogP contribution in [0, 0.1) is 0 Å². The fourth-order valence-electron chi connectivity index (χ4n) is 5.02. The van der Waals surface area contributed by atoms with Gasteiger partial charge in [0, 0.05) is 62.8 Å². The fraction of sp³-hybridized carbons (Fsp3) is 0.520. The molecule has 3 aromatic rings. The minimum absolute atomic E-state index is 0.114. The van der Waals surface area contributed by atoms with E-state index < -0.39 is 0 Å². The summed E-state index contributed by atoms with van der Waals surface area (Å²) >= 11 is 1.70. The van der Waals surface area contributed by atoms with Crippen molar-refractivity contribution in [3.63, 3.8) is 0 Å². The van der Waals surface area contributed by atoms with E-state index in [0.717, 1.165) is 92.1 Å². The van der Waals surface area contributed by atoms with E-state index in [1.807, 2.05) is 18.3 Å². The van der Waals surface area contributed by atoms with E-state index in [0.29, 0.717) is 6.42 Å². The van der Waals surface area contributed by atoms with Crippen LogP contribution in [0.2, 0.25) is 0 Å². The molecule has 9 heteroatoms. The van der Waals surface area contributed by atoms with E-state index in [1.165, 1.54) is 0 Å². The summed E-state index contributed by atoms with van der Waals surface area (Å²) in [5, 5.41) is 14.2. The number of aromatic nitrogens is 2. The summed E-state index contributed by atoms with van der Waals surface area (Å²) < 4.78 is 11.2. The third kappa shape index (κ3) is 4.84. The first kappa shape index (κ1) is 23.3. The molecule has 1 unspecified atom stereocenters. The van der Waals surface area contributed by atoms with Crippen molar-refractivity contribution in [3.8, 4) is 5.75 Å². The highest BCUT2D eigenvalue weighted by Crippen LogP contribution is 2.37. The van der Waals surface area contributed by atoms with Crippen LogP contribution in [0.4, 0.5) is 10.8 Å². The quantitative estimate of drug-likeness (QED) is 0.549. The average molecular weight is 484 g/mol. The van der Waals surface area contributed by atoms with E-state index in [4.69, 9.17) is 14.5 Å². The molecular formula is C25H33N5O3S. The van der Waals surface area contributed by atoms with Crippen molar-refractivity contribution in [1.29, 1.82) is 0 Å². The van der Waals surface area contributed by atoms with Crippen molar-refractivity contribution in [3.05, 3.63) is 41.5 Å². The molecule has 5 rings (SSSR count). The predicted octanol–water partition coefficient (Wildman–Crippen LogP) is 3.17. The number of nitrogens with zero attached hydrogens (tertiary/aromatic N) is 5. The molecule has 34 heavy (non-hydrogen) atoms. The van der Waals surface area contributed by atoms with Crippen molar-refractivity contribution < 1.29 is 14.6 Å². The van der Waals surface area contributed by atoms with Gasteiger partial charge in [0.15, 0.2) is 5.13 Å². The maximum absolute atomic E-state index is 9.86. The highest BCUT2D eigenvalue weighted by molar-refractivity contribution is 7.13. The Labute approximate surface area is 204 Å². The Bertz CT molecular complexity index is 1090. The summed E-state index contributed by atoms with van der Waals surface area (Å²) in [5.74, 6) is 0.862. The first-order valence-corrected chi connectivity index (χ1v) is 13.0. The first-order chi connectivity index (χ1) is 16.8. The second-order valence-corrected chi connectivity index (χ2v) is 9.59. The second kappa shape index (κ2) is 10.9. The van der Waals surface area contributed by atoms with Gasteiger partial charge < -0.3 is 24.4 Å². The van der Waals surface area contributed by atoms with Crippen LogP contribution in [0.15, 0.2) is 35.8 Å². The minimum Gasteiger partial charge on any atom is -0.494 e. The zero-order valence-corrected chi connectivity index (χ0v) is 20.5. The summed E-state index contributed by atoms with van der Waals surface area (Å²) in [4.78, 5) is 16.9. The van der Waals surface area contributed by atoms with Crippen LogP contribution in [0.5, 0.6) is 5.75 Å². The number of hydrogen-bond acceptors (Lipinski definition) is 9. The molecule has 0 saturated carbocycles. The van der Waals surface area contributed by atoms with E-state index in [2.05, 4.69) is 37.2 Å². The van der Waals surface area contributed by atoms with Crippen LogP contribution in [0.3, 0.4) is 0 Å². The van der Waals surface area contributed by atoms with Gasteiger partial charge in [0.2, 0.25) is 0 Å². The van der Waals surface area contributed by atoms with Gasteiger partial charge >= 0.3 is 0 Å². The summed E-state index contributed by atoms with van der Waals surface area (Å²) in [5.41, 5.74) is 3.12. The largest absolute Gasteiger partial charge is 0.494 e. The number of methoxy groups -OCH3 is 1. The molecule has 0 spiro atoms. The molecule has 1 aromatic carbocycles. The Balaban J connectivity index is 1.35. The smallest absolute Gasteiger partial charge is 0.185 e. The molecule has 4 heterocycles. The number of morpholine rings is 1. The zero-order valence-electron chi connectivity index (χ0n) is 19.7. The standard InChI is InChI=1S/C25H33N5O3S/c1-32-22-6-5-19-4-2-8-26-23(19)24(22)29-10-3-9-28(11-12-29)21(7-15-31)20-18-34-25(27-20)30-13-16-33-17-14-30/h2,4-6,8,18,21,31H,3,7,9-17H2,1H3. The number of ether oxygens (including phenoxy) is 2. The van der Waals surface area contributed by atoms with E-state index in [-0.39, 0.29) is 12.6 Å². The highest BCUT2D eigenvalue weighted by atomic mass is 32.1. The number of thiazole rings is 1. The topological polar surface area (TPSA) is 74.2 Å². The molecule has 2 aliphatic rings. The summed E-state index contributed by atoms with van der Waals surface area (Å²) in [6, 6.07) is 8.30. The average Bonchev–Trinajstić information content (AvgIpc) is 3.26. The Morgan fingerprint density at radius 1 is 1.09 bits per heavy atom. The van der Waals surface area contributed by atoms with Crippen LogP contribution >= 0.6 is 11.3 Å². The van der Waals surface area contributed by atoms with Gasteiger partial charge in [-0.3, -0.25) is 9.88 Å². The SMILES string of the molecule is COc1ccc2cccnc2c1N1CCCN(C(CCO)c2csc(N3CCOCC3)n2)CC1. The lowest BCUT2D eigenvalue weighted by molar-refractivity contribution is 0.122. The van der Waals surface area contributed by atoms with Gasteiger partial charge in [-0.25, -0.2) is 4.98 Å². The number of anilines is 2. The fourth-order valence-corrected chi connectivity index (χ4v) is 5.95. The lowest BCUT2D eigenvalue weighted by Gasteiger charge is -2.30. The maximum atomic E-state index is 9.86. The van der Waals surface area contributed by atoms with Gasteiger partial charge in [0.05, 0.1) is 37.6 Å². The predicted molar refractivity (Wildman–Crippen MR) is 136 cm³/mol. The Hall–Kier alpha value is -2.46. The second-order valence-electron chi connectivity index (χ2n) is 8.75. The zero-order chi connectivity index (χ0) is 23.3. The van der Waals surface area contributed by atoms with Gasteiger partial charge in [-0.15, -0.1) is 11.3 Å². The van der Waals surface area contributed by atoms with Crippen LogP contribution in [0.1, 0.15) is 24.6 Å². The number of aliphatic hydroxyl groups is 1. The Morgan fingerprint density at radius 3 is 2.79 bits per heavy atom. The van der Waals surface area contributed by atoms with Gasteiger partial charge in [-0.05, 0) is 31.0 Å². The highest BCUT2D eigenvalue weighted by Gasteiger charge is 2.28. The van der Waals surface area contributed by atoms with Crippen LogP contribution < -0.4 is 14.5 Å². The number of rotatable bonds is 7. The van der Waals surface area contributed by atoms with Crippen molar-refractivity contribution in [2.45, 2.75) is 18.9 Å².